The second-order valence-corrected chi connectivity index (χ2v) is 5.68. The maximum absolute atomic E-state index is 10.9. The summed E-state index contributed by atoms with van der Waals surface area (Å²) >= 11 is 0. The van der Waals surface area contributed by atoms with Gasteiger partial charge in [0.05, 0.1) is 12.7 Å². The Kier molecular flexibility index (Phi) is 2.54. The van der Waals surface area contributed by atoms with Crippen LogP contribution in [-0.2, 0) is 14.5 Å². The Labute approximate surface area is 68.1 Å². The van der Waals surface area contributed by atoms with E-state index in [1.807, 2.05) is 13.8 Å². The first kappa shape index (κ1) is 9.00. The van der Waals surface area contributed by atoms with Crippen molar-refractivity contribution < 1.29 is 8.95 Å². The van der Waals surface area contributed by atoms with Crippen molar-refractivity contribution in [3.05, 3.63) is 0 Å². The molecule has 1 N–H and O–H groups in total. The maximum atomic E-state index is 10.9. The highest BCUT2D eigenvalue weighted by atomic mass is 32.2. The normalized spacial score (nSPS) is 37.2. The van der Waals surface area contributed by atoms with Crippen molar-refractivity contribution in [2.24, 2.45) is 5.92 Å². The van der Waals surface area contributed by atoms with Gasteiger partial charge in [0.2, 0.25) is 0 Å². The highest BCUT2D eigenvalue weighted by Crippen LogP contribution is 2.19. The van der Waals surface area contributed by atoms with Gasteiger partial charge in [-0.05, 0) is 13.8 Å². The van der Waals surface area contributed by atoms with Gasteiger partial charge in [0, 0.05) is 27.2 Å². The third kappa shape index (κ3) is 2.79. The Balaban J connectivity index is 2.14. The Hall–Kier alpha value is -0.0900. The largest absolute Gasteiger partial charge is 0.378 e. The van der Waals surface area contributed by atoms with Crippen LogP contribution in [0.1, 0.15) is 13.8 Å². The molecular weight excluding hydrogens is 162 g/mol. The number of hydrogen-bond donors (Lipinski definition) is 1. The van der Waals surface area contributed by atoms with E-state index in [4.69, 9.17) is 9.52 Å². The van der Waals surface area contributed by atoms with Gasteiger partial charge in [-0.25, -0.2) is 4.21 Å². The summed E-state index contributed by atoms with van der Waals surface area (Å²) in [6.07, 6.45) is 0.248. The van der Waals surface area contributed by atoms with Crippen LogP contribution < -0.4 is 0 Å². The van der Waals surface area contributed by atoms with Crippen LogP contribution in [0.5, 0.6) is 0 Å². The molecule has 66 valence electrons. The molecule has 1 aliphatic rings. The predicted octanol–water partition coefficient (Wildman–Crippen LogP) is 1.09. The van der Waals surface area contributed by atoms with E-state index in [-0.39, 0.29) is 6.10 Å². The highest BCUT2D eigenvalue weighted by molar-refractivity contribution is 7.93. The molecule has 0 atom stereocenters. The summed E-state index contributed by atoms with van der Waals surface area (Å²) in [5.74, 6) is 1.46. The molecule has 4 heteroatoms. The lowest BCUT2D eigenvalue weighted by atomic mass is 10.2. The fourth-order valence-electron chi connectivity index (χ4n) is 1.14. The molecule has 0 amide bonds. The second kappa shape index (κ2) is 3.11. The predicted molar refractivity (Wildman–Crippen MR) is 45.2 cm³/mol. The van der Waals surface area contributed by atoms with Crippen molar-refractivity contribution in [2.75, 3.05) is 18.1 Å². The topological polar surface area (TPSA) is 50.1 Å². The molecule has 1 aliphatic heterocycles. The first-order valence-electron chi connectivity index (χ1n) is 3.85. The molecule has 3 nitrogen and oxygen atoms in total. The van der Waals surface area contributed by atoms with Gasteiger partial charge >= 0.3 is 0 Å². The van der Waals surface area contributed by atoms with E-state index in [9.17, 15) is 4.21 Å². The van der Waals surface area contributed by atoms with Crippen LogP contribution in [0.2, 0.25) is 0 Å². The molecule has 0 saturated carbocycles. The molecule has 0 spiro atoms. The van der Waals surface area contributed by atoms with E-state index in [0.717, 1.165) is 0 Å². The molecule has 0 aromatic carbocycles. The summed E-state index contributed by atoms with van der Waals surface area (Å²) in [5, 5.41) is 0. The minimum atomic E-state index is -2.16. The summed E-state index contributed by atoms with van der Waals surface area (Å²) in [6, 6.07) is 0. The molecule has 11 heavy (non-hydrogen) atoms. The summed E-state index contributed by atoms with van der Waals surface area (Å²) in [6.45, 7) is 4.64. The standard InChI is InChI=1S/C7H15NO2S/c1-6(2)10-3-7-4-11(8,9)5-7/h6-8H,3-5H2,1-2H3. The van der Waals surface area contributed by atoms with E-state index < -0.39 is 9.73 Å². The van der Waals surface area contributed by atoms with Gasteiger partial charge in [-0.2, -0.15) is 0 Å². The van der Waals surface area contributed by atoms with E-state index in [1.54, 1.807) is 0 Å². The average Bonchev–Trinajstić information content (AvgIpc) is 1.78. The highest BCUT2D eigenvalue weighted by Gasteiger charge is 2.29. The lowest BCUT2D eigenvalue weighted by molar-refractivity contribution is 0.0580. The number of hydrogen-bond acceptors (Lipinski definition) is 3. The molecule has 1 heterocycles. The molecule has 0 aromatic rings. The van der Waals surface area contributed by atoms with Gasteiger partial charge in [-0.15, -0.1) is 0 Å². The molecule has 0 unspecified atom stereocenters. The monoisotopic (exact) mass is 177 g/mol. The van der Waals surface area contributed by atoms with E-state index in [1.165, 1.54) is 0 Å². The molecule has 0 aliphatic carbocycles. The van der Waals surface area contributed by atoms with Crippen molar-refractivity contribution in [3.8, 4) is 0 Å². The first-order chi connectivity index (χ1) is 4.99. The molecular formula is C7H15NO2S. The van der Waals surface area contributed by atoms with Crippen molar-refractivity contribution in [2.45, 2.75) is 20.0 Å². The summed E-state index contributed by atoms with van der Waals surface area (Å²) < 4.78 is 23.4. The molecule has 0 radical (unpaired) electrons. The zero-order valence-corrected chi connectivity index (χ0v) is 7.82. The Morgan fingerprint density at radius 1 is 1.64 bits per heavy atom. The Bertz CT molecular complexity index is 209. The van der Waals surface area contributed by atoms with Crippen LogP contribution in [-0.4, -0.2) is 28.4 Å². The third-order valence-electron chi connectivity index (χ3n) is 1.68. The lowest BCUT2D eigenvalue weighted by Crippen LogP contribution is -2.38. The van der Waals surface area contributed by atoms with Crippen molar-refractivity contribution >= 4 is 9.73 Å². The van der Waals surface area contributed by atoms with Crippen LogP contribution in [0.15, 0.2) is 0 Å². The second-order valence-electron chi connectivity index (χ2n) is 3.39. The van der Waals surface area contributed by atoms with Gasteiger partial charge in [-0.3, -0.25) is 4.78 Å². The zero-order chi connectivity index (χ0) is 8.48. The quantitative estimate of drug-likeness (QED) is 0.701. The molecule has 1 saturated heterocycles. The van der Waals surface area contributed by atoms with Gasteiger partial charge in [0.15, 0.2) is 0 Å². The van der Waals surface area contributed by atoms with Crippen LogP contribution in [0.25, 0.3) is 0 Å². The minimum absolute atomic E-state index is 0.248. The molecule has 0 bridgehead atoms. The van der Waals surface area contributed by atoms with Crippen molar-refractivity contribution in [1.29, 1.82) is 4.78 Å². The summed E-state index contributed by atoms with van der Waals surface area (Å²) in [5.41, 5.74) is 0. The smallest absolute Gasteiger partial charge is 0.0519 e. The van der Waals surface area contributed by atoms with Crippen LogP contribution in [0.3, 0.4) is 0 Å². The summed E-state index contributed by atoms with van der Waals surface area (Å²) in [7, 11) is -2.16. The van der Waals surface area contributed by atoms with Crippen LogP contribution >= 0.6 is 0 Å². The fraction of sp³-hybridized carbons (Fsp3) is 1.00. The minimum Gasteiger partial charge on any atom is -0.378 e. The van der Waals surface area contributed by atoms with Crippen LogP contribution in [0, 0.1) is 10.7 Å². The fourth-order valence-corrected chi connectivity index (χ4v) is 2.76. The van der Waals surface area contributed by atoms with Gasteiger partial charge < -0.3 is 4.74 Å². The number of rotatable bonds is 3. The first-order valence-corrected chi connectivity index (χ1v) is 5.75. The van der Waals surface area contributed by atoms with Gasteiger partial charge in [-0.1, -0.05) is 0 Å². The molecule has 1 rings (SSSR count). The summed E-state index contributed by atoms with van der Waals surface area (Å²) in [4.78, 5) is 0. The molecule has 1 fully saturated rings. The molecule has 0 aromatic heterocycles. The van der Waals surface area contributed by atoms with Gasteiger partial charge in [0.1, 0.15) is 0 Å². The third-order valence-corrected chi connectivity index (χ3v) is 3.69. The van der Waals surface area contributed by atoms with Crippen LogP contribution in [0.4, 0.5) is 0 Å². The lowest BCUT2D eigenvalue weighted by Gasteiger charge is -2.28. The number of nitrogens with one attached hydrogen (secondary N) is 1. The van der Waals surface area contributed by atoms with E-state index >= 15 is 0 Å². The number of ether oxygens (including phenoxy) is 1. The van der Waals surface area contributed by atoms with E-state index in [2.05, 4.69) is 0 Å². The zero-order valence-electron chi connectivity index (χ0n) is 7.00. The maximum Gasteiger partial charge on any atom is 0.0519 e. The SMILES string of the molecule is CC(C)OCC1CS(=N)(=O)C1. The van der Waals surface area contributed by atoms with Crippen molar-refractivity contribution in [3.63, 3.8) is 0 Å². The Morgan fingerprint density at radius 2 is 2.18 bits per heavy atom. The Morgan fingerprint density at radius 3 is 2.55 bits per heavy atom. The van der Waals surface area contributed by atoms with E-state index in [0.29, 0.717) is 24.0 Å². The average molecular weight is 177 g/mol. The van der Waals surface area contributed by atoms with Crippen molar-refractivity contribution in [1.82, 2.24) is 0 Å². The van der Waals surface area contributed by atoms with Gasteiger partial charge in [0.25, 0.3) is 0 Å².